The van der Waals surface area contributed by atoms with Crippen LogP contribution in [0.5, 0.6) is 0 Å². The summed E-state index contributed by atoms with van der Waals surface area (Å²) in [6, 6.07) is 11.2. The van der Waals surface area contributed by atoms with Gasteiger partial charge in [0.25, 0.3) is 0 Å². The number of carbonyl (C=O) groups excluding carboxylic acids is 2. The van der Waals surface area contributed by atoms with E-state index in [9.17, 15) is 18.4 Å². The third-order valence-corrected chi connectivity index (χ3v) is 4.35. The molecular formula is C19H14F2N4O2. The first-order valence-corrected chi connectivity index (χ1v) is 8.21. The van der Waals surface area contributed by atoms with Gasteiger partial charge < -0.3 is 10.6 Å². The number of rotatable bonds is 3. The fraction of sp³-hybridized carbons (Fsp3) is 0.105. The van der Waals surface area contributed by atoms with Gasteiger partial charge >= 0.3 is 0 Å². The van der Waals surface area contributed by atoms with Crippen molar-refractivity contribution in [3.05, 3.63) is 71.9 Å². The van der Waals surface area contributed by atoms with Crippen LogP contribution in [0, 0.1) is 17.6 Å². The molecule has 27 heavy (non-hydrogen) atoms. The molecule has 136 valence electrons. The monoisotopic (exact) mass is 368 g/mol. The maximum atomic E-state index is 13.4. The number of halogens is 2. The fourth-order valence-corrected chi connectivity index (χ4v) is 3.00. The quantitative estimate of drug-likeness (QED) is 0.698. The van der Waals surface area contributed by atoms with Crippen LogP contribution in [0.3, 0.4) is 0 Å². The van der Waals surface area contributed by atoms with Crippen molar-refractivity contribution in [2.75, 3.05) is 10.6 Å². The van der Waals surface area contributed by atoms with E-state index in [4.69, 9.17) is 0 Å². The SMILES string of the molecule is O=C1Nc2ccc(F)cc2CC1C(=O)Nc1ccnn1-c1ccc(F)cc1. The lowest BCUT2D eigenvalue weighted by molar-refractivity contribution is -0.129. The van der Waals surface area contributed by atoms with Gasteiger partial charge in [-0.25, -0.2) is 13.5 Å². The zero-order valence-electron chi connectivity index (χ0n) is 13.9. The minimum Gasteiger partial charge on any atom is -0.325 e. The molecule has 2 aromatic carbocycles. The molecule has 0 aliphatic carbocycles. The first-order valence-electron chi connectivity index (χ1n) is 8.21. The van der Waals surface area contributed by atoms with Crippen molar-refractivity contribution in [2.45, 2.75) is 6.42 Å². The summed E-state index contributed by atoms with van der Waals surface area (Å²) < 4.78 is 28.0. The Hall–Kier alpha value is -3.55. The Morgan fingerprint density at radius 2 is 1.85 bits per heavy atom. The molecule has 2 heterocycles. The normalized spacial score (nSPS) is 15.8. The van der Waals surface area contributed by atoms with Crippen LogP contribution in [-0.2, 0) is 16.0 Å². The molecule has 2 N–H and O–H groups in total. The van der Waals surface area contributed by atoms with Crippen LogP contribution in [0.2, 0.25) is 0 Å². The molecule has 2 amide bonds. The molecule has 3 aromatic rings. The van der Waals surface area contributed by atoms with Gasteiger partial charge in [0.1, 0.15) is 23.4 Å². The molecule has 1 atom stereocenters. The Labute approximate surface area is 152 Å². The molecule has 1 aliphatic heterocycles. The highest BCUT2D eigenvalue weighted by molar-refractivity contribution is 6.12. The Bertz CT molecular complexity index is 1030. The van der Waals surface area contributed by atoms with Crippen molar-refractivity contribution in [1.82, 2.24) is 9.78 Å². The Kier molecular flexibility index (Phi) is 4.15. The summed E-state index contributed by atoms with van der Waals surface area (Å²) >= 11 is 0. The minimum absolute atomic E-state index is 0.0927. The Balaban J connectivity index is 1.56. The van der Waals surface area contributed by atoms with Crippen LogP contribution < -0.4 is 10.6 Å². The number of amides is 2. The standard InChI is InChI=1S/C19H14F2N4O2/c20-12-1-4-14(5-2-12)25-17(7-8-22-25)24-19(27)15-10-11-9-13(21)3-6-16(11)23-18(15)26/h1-9,15H,10H2,(H,23,26)(H,24,27). The van der Waals surface area contributed by atoms with Gasteiger partial charge in [-0.1, -0.05) is 0 Å². The highest BCUT2D eigenvalue weighted by Crippen LogP contribution is 2.27. The summed E-state index contributed by atoms with van der Waals surface area (Å²) in [5.74, 6) is -2.48. The van der Waals surface area contributed by atoms with E-state index >= 15 is 0 Å². The van der Waals surface area contributed by atoms with Crippen LogP contribution in [0.15, 0.2) is 54.7 Å². The summed E-state index contributed by atoms with van der Waals surface area (Å²) in [5, 5.41) is 9.39. The van der Waals surface area contributed by atoms with Gasteiger partial charge in [-0.15, -0.1) is 0 Å². The summed E-state index contributed by atoms with van der Waals surface area (Å²) in [7, 11) is 0. The van der Waals surface area contributed by atoms with Crippen molar-refractivity contribution in [2.24, 2.45) is 5.92 Å². The number of hydrogen-bond donors (Lipinski definition) is 2. The van der Waals surface area contributed by atoms with Crippen LogP contribution >= 0.6 is 0 Å². The average molecular weight is 368 g/mol. The second-order valence-corrected chi connectivity index (χ2v) is 6.14. The van der Waals surface area contributed by atoms with E-state index < -0.39 is 23.5 Å². The molecule has 0 radical (unpaired) electrons. The molecule has 0 saturated heterocycles. The molecule has 0 saturated carbocycles. The zero-order valence-corrected chi connectivity index (χ0v) is 13.9. The lowest BCUT2D eigenvalue weighted by atomic mass is 9.92. The lowest BCUT2D eigenvalue weighted by Crippen LogP contribution is -2.39. The maximum absolute atomic E-state index is 13.4. The molecule has 1 unspecified atom stereocenters. The lowest BCUT2D eigenvalue weighted by Gasteiger charge is -2.24. The predicted octanol–water partition coefficient (Wildman–Crippen LogP) is 2.90. The van der Waals surface area contributed by atoms with Crippen molar-refractivity contribution in [3.63, 3.8) is 0 Å². The predicted molar refractivity (Wildman–Crippen MR) is 94.4 cm³/mol. The van der Waals surface area contributed by atoms with Gasteiger partial charge in [-0.2, -0.15) is 5.10 Å². The molecule has 4 rings (SSSR count). The van der Waals surface area contributed by atoms with Crippen LogP contribution in [0.25, 0.3) is 5.69 Å². The molecule has 8 heteroatoms. The number of aromatic nitrogens is 2. The Morgan fingerprint density at radius 1 is 1.11 bits per heavy atom. The molecular weight excluding hydrogens is 354 g/mol. The zero-order chi connectivity index (χ0) is 19.0. The van der Waals surface area contributed by atoms with E-state index in [1.807, 2.05) is 0 Å². The average Bonchev–Trinajstić information content (AvgIpc) is 3.10. The molecule has 6 nitrogen and oxygen atoms in total. The number of hydrogen-bond acceptors (Lipinski definition) is 3. The second-order valence-electron chi connectivity index (χ2n) is 6.14. The first kappa shape index (κ1) is 16.9. The highest BCUT2D eigenvalue weighted by atomic mass is 19.1. The fourth-order valence-electron chi connectivity index (χ4n) is 3.00. The first-order chi connectivity index (χ1) is 13.0. The largest absolute Gasteiger partial charge is 0.325 e. The van der Waals surface area contributed by atoms with E-state index in [-0.39, 0.29) is 12.2 Å². The minimum atomic E-state index is -1.00. The second kappa shape index (κ2) is 6.64. The number of benzene rings is 2. The highest BCUT2D eigenvalue weighted by Gasteiger charge is 2.32. The van der Waals surface area contributed by atoms with Gasteiger partial charge in [0.2, 0.25) is 11.8 Å². The molecule has 0 bridgehead atoms. The van der Waals surface area contributed by atoms with E-state index in [0.29, 0.717) is 22.8 Å². The molecule has 1 aromatic heterocycles. The van der Waals surface area contributed by atoms with Crippen LogP contribution in [0.1, 0.15) is 5.56 Å². The number of nitrogens with one attached hydrogen (secondary N) is 2. The van der Waals surface area contributed by atoms with Crippen molar-refractivity contribution < 1.29 is 18.4 Å². The van der Waals surface area contributed by atoms with E-state index in [0.717, 1.165) is 0 Å². The summed E-state index contributed by atoms with van der Waals surface area (Å²) in [5.41, 5.74) is 1.61. The van der Waals surface area contributed by atoms with Crippen molar-refractivity contribution in [1.29, 1.82) is 0 Å². The van der Waals surface area contributed by atoms with Crippen molar-refractivity contribution in [3.8, 4) is 5.69 Å². The van der Waals surface area contributed by atoms with Crippen LogP contribution in [0.4, 0.5) is 20.3 Å². The third-order valence-electron chi connectivity index (χ3n) is 4.35. The van der Waals surface area contributed by atoms with Crippen LogP contribution in [-0.4, -0.2) is 21.6 Å². The van der Waals surface area contributed by atoms with E-state index in [1.165, 1.54) is 53.3 Å². The van der Waals surface area contributed by atoms with E-state index in [1.54, 1.807) is 6.07 Å². The summed E-state index contributed by atoms with van der Waals surface area (Å²) in [6.07, 6.45) is 1.57. The van der Waals surface area contributed by atoms with Gasteiger partial charge in [0, 0.05) is 11.8 Å². The number of nitrogens with zero attached hydrogens (tertiary/aromatic N) is 2. The van der Waals surface area contributed by atoms with Gasteiger partial charge in [-0.3, -0.25) is 9.59 Å². The van der Waals surface area contributed by atoms with Gasteiger partial charge in [0.05, 0.1) is 11.9 Å². The summed E-state index contributed by atoms with van der Waals surface area (Å²) in [6.45, 7) is 0. The molecule has 0 fully saturated rings. The van der Waals surface area contributed by atoms with Crippen molar-refractivity contribution >= 4 is 23.3 Å². The van der Waals surface area contributed by atoms with Gasteiger partial charge in [-0.05, 0) is 54.4 Å². The topological polar surface area (TPSA) is 76.0 Å². The number of anilines is 2. The van der Waals surface area contributed by atoms with E-state index in [2.05, 4.69) is 15.7 Å². The molecule has 1 aliphatic rings. The maximum Gasteiger partial charge on any atom is 0.238 e. The third kappa shape index (κ3) is 3.29. The molecule has 0 spiro atoms. The smallest absolute Gasteiger partial charge is 0.238 e. The summed E-state index contributed by atoms with van der Waals surface area (Å²) in [4.78, 5) is 24.9. The Morgan fingerprint density at radius 3 is 2.63 bits per heavy atom. The van der Waals surface area contributed by atoms with Gasteiger partial charge in [0.15, 0.2) is 0 Å². The number of fused-ring (bicyclic) bond motifs is 1. The number of carbonyl (C=O) groups is 2.